The van der Waals surface area contributed by atoms with E-state index in [1.54, 1.807) is 39.9 Å². The van der Waals surface area contributed by atoms with Crippen molar-refractivity contribution in [1.29, 1.82) is 0 Å². The largest absolute Gasteiger partial charge is 0.343 e. The number of fused-ring (bicyclic) bond motifs is 1. The van der Waals surface area contributed by atoms with Crippen molar-refractivity contribution in [2.45, 2.75) is 31.1 Å². The van der Waals surface area contributed by atoms with Gasteiger partial charge in [0, 0.05) is 48.9 Å². The van der Waals surface area contributed by atoms with E-state index in [1.807, 2.05) is 43.3 Å². The van der Waals surface area contributed by atoms with Crippen LogP contribution in [-0.2, 0) is 14.8 Å². The fourth-order valence-corrected chi connectivity index (χ4v) is 5.36. The molecule has 2 aromatic heterocycles. The van der Waals surface area contributed by atoms with Gasteiger partial charge in [-0.2, -0.15) is 9.61 Å². The first-order valence-electron chi connectivity index (χ1n) is 12.0. The van der Waals surface area contributed by atoms with Crippen LogP contribution < -0.4 is 10.0 Å². The van der Waals surface area contributed by atoms with Crippen LogP contribution in [0, 0.1) is 6.92 Å². The number of carbonyl (C=O) groups is 1. The maximum absolute atomic E-state index is 12.7. The van der Waals surface area contributed by atoms with Gasteiger partial charge in [-0.25, -0.2) is 18.1 Å². The molecule has 2 N–H and O–H groups in total. The first kappa shape index (κ1) is 24.0. The Morgan fingerprint density at radius 3 is 2.56 bits per heavy atom. The zero-order valence-corrected chi connectivity index (χ0v) is 20.8. The number of rotatable bonds is 9. The highest BCUT2D eigenvalue weighted by molar-refractivity contribution is 7.89. The molecule has 36 heavy (non-hydrogen) atoms. The van der Waals surface area contributed by atoms with E-state index in [4.69, 9.17) is 4.98 Å². The summed E-state index contributed by atoms with van der Waals surface area (Å²) in [7, 11) is -3.64. The Balaban J connectivity index is 1.29. The molecular weight excluding hydrogens is 476 g/mol. The van der Waals surface area contributed by atoms with Gasteiger partial charge < -0.3 is 10.2 Å². The molecule has 0 aliphatic carbocycles. The number of aromatic nitrogens is 3. The standard InChI is InChI=1S/C26H28N6O3S/c1-19-18-27-32-24(17-23(30-26(19)32)20-7-3-2-4-8-20)29-21-10-12-22(13-11-21)36(34,35)28-14-6-16-31-15-5-9-25(31)33/h2-4,7-8,10-13,17-18,28-29H,5-6,9,14-16H2,1H3. The van der Waals surface area contributed by atoms with Gasteiger partial charge in [0.15, 0.2) is 5.65 Å². The summed E-state index contributed by atoms with van der Waals surface area (Å²) >= 11 is 0. The number of nitrogens with one attached hydrogen (secondary N) is 2. The Labute approximate surface area is 210 Å². The molecule has 0 unspecified atom stereocenters. The summed E-state index contributed by atoms with van der Waals surface area (Å²) in [6.45, 7) is 3.57. The number of hydrogen-bond acceptors (Lipinski definition) is 6. The molecule has 3 heterocycles. The number of amides is 1. The Hall–Kier alpha value is -3.76. The molecule has 4 aromatic rings. The minimum atomic E-state index is -3.64. The van der Waals surface area contributed by atoms with E-state index in [9.17, 15) is 13.2 Å². The summed E-state index contributed by atoms with van der Waals surface area (Å²) in [6.07, 6.45) is 3.81. The van der Waals surface area contributed by atoms with Crippen LogP contribution in [0.2, 0.25) is 0 Å². The van der Waals surface area contributed by atoms with E-state index in [1.165, 1.54) is 0 Å². The van der Waals surface area contributed by atoms with Crippen LogP contribution in [0.3, 0.4) is 0 Å². The van der Waals surface area contributed by atoms with Crippen LogP contribution >= 0.6 is 0 Å². The fraction of sp³-hybridized carbons (Fsp3) is 0.269. The number of likely N-dealkylation sites (tertiary alicyclic amines) is 1. The van der Waals surface area contributed by atoms with E-state index < -0.39 is 10.0 Å². The second-order valence-electron chi connectivity index (χ2n) is 8.84. The van der Waals surface area contributed by atoms with E-state index in [-0.39, 0.29) is 17.3 Å². The molecule has 1 saturated heterocycles. The van der Waals surface area contributed by atoms with E-state index >= 15 is 0 Å². The number of carbonyl (C=O) groups excluding carboxylic acids is 1. The average molecular weight is 505 g/mol. The Morgan fingerprint density at radius 2 is 1.83 bits per heavy atom. The fourth-order valence-electron chi connectivity index (χ4n) is 4.28. The lowest BCUT2D eigenvalue weighted by atomic mass is 10.1. The zero-order valence-electron chi connectivity index (χ0n) is 20.0. The van der Waals surface area contributed by atoms with Crippen molar-refractivity contribution in [3.63, 3.8) is 0 Å². The molecule has 186 valence electrons. The summed E-state index contributed by atoms with van der Waals surface area (Å²) in [5.41, 5.74) is 4.23. The Kier molecular flexibility index (Phi) is 6.71. The normalized spacial score (nSPS) is 14.0. The van der Waals surface area contributed by atoms with Crippen molar-refractivity contribution < 1.29 is 13.2 Å². The lowest BCUT2D eigenvalue weighted by Crippen LogP contribution is -2.30. The lowest BCUT2D eigenvalue weighted by Gasteiger charge is -2.15. The third kappa shape index (κ3) is 5.09. The maximum atomic E-state index is 12.7. The Morgan fingerprint density at radius 1 is 1.06 bits per heavy atom. The van der Waals surface area contributed by atoms with Gasteiger partial charge in [-0.05, 0) is 44.0 Å². The smallest absolute Gasteiger partial charge is 0.240 e. The summed E-state index contributed by atoms with van der Waals surface area (Å²) in [4.78, 5) is 18.4. The van der Waals surface area contributed by atoms with Crippen LogP contribution in [0.15, 0.2) is 71.8 Å². The number of nitrogens with zero attached hydrogens (tertiary/aromatic N) is 4. The molecule has 9 nitrogen and oxygen atoms in total. The van der Waals surface area contributed by atoms with Crippen LogP contribution in [0.1, 0.15) is 24.8 Å². The topological polar surface area (TPSA) is 109 Å². The number of benzene rings is 2. The molecule has 5 rings (SSSR count). The second-order valence-corrected chi connectivity index (χ2v) is 10.6. The van der Waals surface area contributed by atoms with Gasteiger partial charge in [0.1, 0.15) is 5.82 Å². The predicted molar refractivity (Wildman–Crippen MR) is 139 cm³/mol. The number of anilines is 2. The highest BCUT2D eigenvalue weighted by Crippen LogP contribution is 2.26. The van der Waals surface area contributed by atoms with Crippen LogP contribution in [-0.4, -0.2) is 53.5 Å². The van der Waals surface area contributed by atoms with E-state index in [0.29, 0.717) is 19.4 Å². The molecular formula is C26H28N6O3S. The van der Waals surface area contributed by atoms with Crippen LogP contribution in [0.4, 0.5) is 11.5 Å². The van der Waals surface area contributed by atoms with Gasteiger partial charge in [0.05, 0.1) is 16.8 Å². The lowest BCUT2D eigenvalue weighted by molar-refractivity contribution is -0.127. The third-order valence-corrected chi connectivity index (χ3v) is 7.70. The number of aryl methyl sites for hydroxylation is 1. The monoisotopic (exact) mass is 504 g/mol. The molecule has 0 radical (unpaired) electrons. The van der Waals surface area contributed by atoms with E-state index in [0.717, 1.165) is 46.9 Å². The summed E-state index contributed by atoms with van der Waals surface area (Å²) in [5, 5.41) is 7.79. The molecule has 0 atom stereocenters. The van der Waals surface area contributed by atoms with Crippen molar-refractivity contribution in [2.24, 2.45) is 0 Å². The second kappa shape index (κ2) is 10.1. The van der Waals surface area contributed by atoms with Gasteiger partial charge in [0.25, 0.3) is 0 Å². The minimum Gasteiger partial charge on any atom is -0.343 e. The molecule has 0 saturated carbocycles. The number of sulfonamides is 1. The van der Waals surface area contributed by atoms with Crippen LogP contribution in [0.5, 0.6) is 0 Å². The highest BCUT2D eigenvalue weighted by atomic mass is 32.2. The van der Waals surface area contributed by atoms with Crippen molar-refractivity contribution in [1.82, 2.24) is 24.2 Å². The average Bonchev–Trinajstić information content (AvgIpc) is 3.48. The molecule has 1 aliphatic heterocycles. The van der Waals surface area contributed by atoms with Gasteiger partial charge in [-0.1, -0.05) is 30.3 Å². The van der Waals surface area contributed by atoms with Crippen molar-refractivity contribution in [3.8, 4) is 11.3 Å². The van der Waals surface area contributed by atoms with Gasteiger partial charge in [-0.15, -0.1) is 0 Å². The summed E-state index contributed by atoms with van der Waals surface area (Å²) < 4.78 is 29.8. The molecule has 1 aliphatic rings. The molecule has 0 spiro atoms. The molecule has 1 amide bonds. The van der Waals surface area contributed by atoms with Gasteiger partial charge in [-0.3, -0.25) is 4.79 Å². The predicted octanol–water partition coefficient (Wildman–Crippen LogP) is 3.74. The van der Waals surface area contributed by atoms with Crippen molar-refractivity contribution in [3.05, 3.63) is 72.4 Å². The SMILES string of the molecule is Cc1cnn2c(Nc3ccc(S(=O)(=O)NCCCN4CCCC4=O)cc3)cc(-c3ccccc3)nc12. The van der Waals surface area contributed by atoms with Gasteiger partial charge in [0.2, 0.25) is 15.9 Å². The summed E-state index contributed by atoms with van der Waals surface area (Å²) in [6, 6.07) is 18.4. The van der Waals surface area contributed by atoms with Crippen LogP contribution in [0.25, 0.3) is 16.9 Å². The van der Waals surface area contributed by atoms with Crippen molar-refractivity contribution >= 4 is 33.1 Å². The molecule has 10 heteroatoms. The third-order valence-electron chi connectivity index (χ3n) is 6.22. The first-order valence-corrected chi connectivity index (χ1v) is 13.4. The maximum Gasteiger partial charge on any atom is 0.240 e. The summed E-state index contributed by atoms with van der Waals surface area (Å²) in [5.74, 6) is 0.866. The van der Waals surface area contributed by atoms with E-state index in [2.05, 4.69) is 15.1 Å². The van der Waals surface area contributed by atoms with Gasteiger partial charge >= 0.3 is 0 Å². The highest BCUT2D eigenvalue weighted by Gasteiger charge is 2.20. The Bertz CT molecular complexity index is 1480. The first-order chi connectivity index (χ1) is 17.4. The molecule has 0 bridgehead atoms. The zero-order chi connectivity index (χ0) is 25.1. The molecule has 2 aromatic carbocycles. The molecule has 1 fully saturated rings. The number of hydrogen-bond donors (Lipinski definition) is 2. The van der Waals surface area contributed by atoms with Crippen molar-refractivity contribution in [2.75, 3.05) is 25.0 Å². The minimum absolute atomic E-state index is 0.147. The quantitative estimate of drug-likeness (QED) is 0.336.